The number of nitrogens with zero attached hydrogens (tertiary/aromatic N) is 7. The van der Waals surface area contributed by atoms with Crippen molar-refractivity contribution in [2.75, 3.05) is 42.9 Å². The summed E-state index contributed by atoms with van der Waals surface area (Å²) in [5.74, 6) is 0.237. The second-order valence-electron chi connectivity index (χ2n) is 8.69. The molecular weight excluding hydrogens is 459 g/mol. The van der Waals surface area contributed by atoms with Gasteiger partial charge in [-0.1, -0.05) is 6.92 Å². The number of anilines is 3. The Morgan fingerprint density at radius 3 is 2.61 bits per heavy atom. The number of hydrogen-bond donors (Lipinski definition) is 1. The lowest BCUT2D eigenvalue weighted by Crippen LogP contribution is -2.46. The van der Waals surface area contributed by atoms with Gasteiger partial charge in [0.05, 0.1) is 24.0 Å². The predicted molar refractivity (Wildman–Crippen MR) is 138 cm³/mol. The minimum absolute atomic E-state index is 0.00621. The van der Waals surface area contributed by atoms with E-state index >= 15 is 4.39 Å². The highest BCUT2D eigenvalue weighted by Crippen LogP contribution is 2.38. The standard InChI is InChI=1S/C26H27FN8O/c1-5-34-10-12-35(13-11-34)18-6-9-22(29-15-18)32-25-24(28-3)26(31-16-30-25)36-21-8-7-20-19(23(21)27)14-17(2)33(20)4/h6-9,14-16H,5,10-13H2,1-2,4H3,(H,29,30,31,32). The minimum Gasteiger partial charge on any atom is -0.446 e. The van der Waals surface area contributed by atoms with Gasteiger partial charge in [-0.05, 0) is 43.8 Å². The summed E-state index contributed by atoms with van der Waals surface area (Å²) >= 11 is 0. The van der Waals surface area contributed by atoms with E-state index in [0.29, 0.717) is 11.2 Å². The largest absolute Gasteiger partial charge is 0.446 e. The molecule has 0 saturated carbocycles. The quantitative estimate of drug-likeness (QED) is 0.383. The van der Waals surface area contributed by atoms with Crippen LogP contribution in [0.15, 0.2) is 42.9 Å². The maximum absolute atomic E-state index is 15.2. The molecule has 1 aliphatic heterocycles. The van der Waals surface area contributed by atoms with Crippen molar-refractivity contribution in [3.05, 3.63) is 65.8 Å². The van der Waals surface area contributed by atoms with E-state index in [9.17, 15) is 0 Å². The number of pyridine rings is 1. The van der Waals surface area contributed by atoms with Crippen LogP contribution in [0.1, 0.15) is 12.6 Å². The molecule has 3 aromatic heterocycles. The van der Waals surface area contributed by atoms with Gasteiger partial charge in [0.15, 0.2) is 11.6 Å². The summed E-state index contributed by atoms with van der Waals surface area (Å²) in [7, 11) is 1.88. The Bertz CT molecular complexity index is 1440. The van der Waals surface area contributed by atoms with Gasteiger partial charge in [-0.25, -0.2) is 24.2 Å². The van der Waals surface area contributed by atoms with E-state index in [-0.39, 0.29) is 23.1 Å². The molecule has 1 aromatic carbocycles. The van der Waals surface area contributed by atoms with Crippen molar-refractivity contribution in [1.82, 2.24) is 24.4 Å². The SMILES string of the molecule is [C-]#[N+]c1c(Nc2ccc(N3CCN(CC)CC3)cn2)ncnc1Oc1ccc2c(cc(C)n2C)c1F. The van der Waals surface area contributed by atoms with Crippen LogP contribution in [0.3, 0.4) is 0 Å². The van der Waals surface area contributed by atoms with Gasteiger partial charge >= 0.3 is 0 Å². The van der Waals surface area contributed by atoms with Gasteiger partial charge in [-0.2, -0.15) is 0 Å². The van der Waals surface area contributed by atoms with Crippen LogP contribution in [0.4, 0.5) is 27.4 Å². The first-order valence-corrected chi connectivity index (χ1v) is 11.8. The zero-order valence-corrected chi connectivity index (χ0v) is 20.5. The number of halogens is 1. The average Bonchev–Trinajstić information content (AvgIpc) is 3.20. The molecule has 0 atom stereocenters. The molecule has 4 heterocycles. The molecule has 1 aliphatic rings. The molecule has 1 N–H and O–H groups in total. The molecule has 0 unspecified atom stereocenters. The third kappa shape index (κ3) is 4.41. The normalized spacial score (nSPS) is 14.1. The summed E-state index contributed by atoms with van der Waals surface area (Å²) in [4.78, 5) is 21.1. The van der Waals surface area contributed by atoms with E-state index in [1.54, 1.807) is 18.2 Å². The van der Waals surface area contributed by atoms with Crippen molar-refractivity contribution in [1.29, 1.82) is 0 Å². The summed E-state index contributed by atoms with van der Waals surface area (Å²) in [6.07, 6.45) is 3.09. The van der Waals surface area contributed by atoms with E-state index in [0.717, 1.165) is 49.6 Å². The van der Waals surface area contributed by atoms with Crippen LogP contribution in [-0.4, -0.2) is 57.1 Å². The van der Waals surface area contributed by atoms with Crippen LogP contribution in [-0.2, 0) is 7.05 Å². The number of ether oxygens (including phenoxy) is 1. The summed E-state index contributed by atoms with van der Waals surface area (Å²) in [6, 6.07) is 8.94. The number of fused-ring (bicyclic) bond motifs is 1. The number of aryl methyl sites for hydroxylation is 2. The molecule has 5 rings (SSSR count). The Labute approximate surface area is 209 Å². The first-order valence-electron chi connectivity index (χ1n) is 11.8. The van der Waals surface area contributed by atoms with E-state index in [1.807, 2.05) is 36.9 Å². The van der Waals surface area contributed by atoms with Crippen molar-refractivity contribution in [2.24, 2.45) is 7.05 Å². The smallest absolute Gasteiger partial charge is 0.288 e. The lowest BCUT2D eigenvalue weighted by Gasteiger charge is -2.35. The van der Waals surface area contributed by atoms with Gasteiger partial charge in [0.2, 0.25) is 5.88 Å². The van der Waals surface area contributed by atoms with Crippen LogP contribution in [0.5, 0.6) is 11.6 Å². The fourth-order valence-electron chi connectivity index (χ4n) is 4.39. The van der Waals surface area contributed by atoms with E-state index in [4.69, 9.17) is 11.3 Å². The number of nitrogens with one attached hydrogen (secondary N) is 1. The van der Waals surface area contributed by atoms with Crippen molar-refractivity contribution >= 4 is 33.9 Å². The molecule has 0 bridgehead atoms. The Morgan fingerprint density at radius 1 is 1.11 bits per heavy atom. The first-order chi connectivity index (χ1) is 17.5. The molecule has 0 spiro atoms. The molecular formula is C26H27FN8O. The molecule has 0 aliphatic carbocycles. The monoisotopic (exact) mass is 486 g/mol. The second kappa shape index (κ2) is 9.79. The van der Waals surface area contributed by atoms with Crippen molar-refractivity contribution in [3.8, 4) is 11.6 Å². The molecule has 1 saturated heterocycles. The van der Waals surface area contributed by atoms with Crippen molar-refractivity contribution < 1.29 is 9.13 Å². The zero-order valence-electron chi connectivity index (χ0n) is 20.5. The third-order valence-corrected chi connectivity index (χ3v) is 6.65. The average molecular weight is 487 g/mol. The zero-order chi connectivity index (χ0) is 25.2. The van der Waals surface area contributed by atoms with Crippen LogP contribution in [0.2, 0.25) is 0 Å². The molecule has 9 nitrogen and oxygen atoms in total. The van der Waals surface area contributed by atoms with Gasteiger partial charge in [-0.3, -0.25) is 0 Å². The highest BCUT2D eigenvalue weighted by atomic mass is 19.1. The first kappa shape index (κ1) is 23.5. The van der Waals surface area contributed by atoms with Gasteiger partial charge in [0.1, 0.15) is 18.0 Å². The lowest BCUT2D eigenvalue weighted by atomic mass is 10.2. The van der Waals surface area contributed by atoms with Gasteiger partial charge < -0.3 is 24.4 Å². The predicted octanol–water partition coefficient (Wildman–Crippen LogP) is 5.04. The number of aromatic nitrogens is 4. The fraction of sp³-hybridized carbons (Fsp3) is 0.308. The van der Waals surface area contributed by atoms with Gasteiger partial charge in [-0.15, -0.1) is 0 Å². The molecule has 10 heteroatoms. The van der Waals surface area contributed by atoms with Crippen LogP contribution in [0, 0.1) is 19.3 Å². The summed E-state index contributed by atoms with van der Waals surface area (Å²) < 4.78 is 22.8. The fourth-order valence-corrected chi connectivity index (χ4v) is 4.39. The van der Waals surface area contributed by atoms with Crippen LogP contribution < -0.4 is 15.0 Å². The maximum Gasteiger partial charge on any atom is 0.288 e. The van der Waals surface area contributed by atoms with E-state index in [1.165, 1.54) is 6.33 Å². The lowest BCUT2D eigenvalue weighted by molar-refractivity contribution is 0.271. The highest BCUT2D eigenvalue weighted by molar-refractivity contribution is 5.84. The molecule has 0 radical (unpaired) electrons. The summed E-state index contributed by atoms with van der Waals surface area (Å²) in [5.41, 5.74) is 2.78. The van der Waals surface area contributed by atoms with E-state index in [2.05, 4.69) is 41.8 Å². The summed E-state index contributed by atoms with van der Waals surface area (Å²) in [5, 5.41) is 3.52. The summed E-state index contributed by atoms with van der Waals surface area (Å²) in [6.45, 7) is 16.8. The van der Waals surface area contributed by atoms with E-state index < -0.39 is 5.82 Å². The Kier molecular flexibility index (Phi) is 6.40. The topological polar surface area (TPSA) is 75.7 Å². The third-order valence-electron chi connectivity index (χ3n) is 6.65. The van der Waals surface area contributed by atoms with Crippen molar-refractivity contribution in [2.45, 2.75) is 13.8 Å². The van der Waals surface area contributed by atoms with Crippen LogP contribution >= 0.6 is 0 Å². The van der Waals surface area contributed by atoms with Gasteiger partial charge in [0, 0.05) is 44.3 Å². The highest BCUT2D eigenvalue weighted by Gasteiger charge is 2.19. The minimum atomic E-state index is -0.503. The number of rotatable bonds is 6. The molecule has 36 heavy (non-hydrogen) atoms. The Morgan fingerprint density at radius 2 is 1.92 bits per heavy atom. The molecule has 4 aromatic rings. The maximum atomic E-state index is 15.2. The number of likely N-dealkylation sites (N-methyl/N-ethyl adjacent to an activating group) is 1. The molecule has 184 valence electrons. The van der Waals surface area contributed by atoms with Crippen molar-refractivity contribution in [3.63, 3.8) is 0 Å². The number of benzene rings is 1. The Balaban J connectivity index is 1.35. The molecule has 1 fully saturated rings. The van der Waals surface area contributed by atoms with Crippen LogP contribution in [0.25, 0.3) is 15.7 Å². The Hall–Kier alpha value is -4.23. The second-order valence-corrected chi connectivity index (χ2v) is 8.69. The molecule has 0 amide bonds. The number of piperazine rings is 1. The van der Waals surface area contributed by atoms with Gasteiger partial charge in [0.25, 0.3) is 5.69 Å². The number of hydrogen-bond acceptors (Lipinski definition) is 7.